The van der Waals surface area contributed by atoms with Crippen molar-refractivity contribution >= 4 is 11.6 Å². The van der Waals surface area contributed by atoms with Crippen LogP contribution in [0.15, 0.2) is 0 Å². The highest BCUT2D eigenvalue weighted by molar-refractivity contribution is 6.31. The van der Waals surface area contributed by atoms with Crippen molar-refractivity contribution in [2.24, 2.45) is 0 Å². The van der Waals surface area contributed by atoms with Crippen molar-refractivity contribution in [1.29, 1.82) is 0 Å². The predicted octanol–water partition coefficient (Wildman–Crippen LogP) is 3.06. The number of rotatable bonds is 9. The molecule has 0 aliphatic carbocycles. The van der Waals surface area contributed by atoms with Crippen molar-refractivity contribution in [1.82, 2.24) is 15.1 Å². The van der Waals surface area contributed by atoms with Crippen molar-refractivity contribution in [2.45, 2.75) is 65.6 Å². The minimum atomic E-state index is 0.200. The van der Waals surface area contributed by atoms with E-state index in [0.717, 1.165) is 48.8 Å². The molecular formula is C15H28ClN3O. The number of hydrogen-bond donors (Lipinski definition) is 1. The second-order valence-electron chi connectivity index (χ2n) is 4.88. The Labute approximate surface area is 127 Å². The quantitative estimate of drug-likeness (QED) is 0.762. The summed E-state index contributed by atoms with van der Waals surface area (Å²) in [7, 11) is 1.98. The topological polar surface area (TPSA) is 39.1 Å². The lowest BCUT2D eigenvalue weighted by molar-refractivity contribution is 0.0334. The van der Waals surface area contributed by atoms with Crippen LogP contribution in [0.2, 0.25) is 5.02 Å². The van der Waals surface area contributed by atoms with Crippen LogP contribution in [-0.4, -0.2) is 35.6 Å². The summed E-state index contributed by atoms with van der Waals surface area (Å²) in [6, 6.07) is 0.254. The standard InChI is InChI=1S/C15H28ClN3O/c1-6-11-15(16)13(19(8-3)18-11)10-12(17-5)14(7-2)20-9-4/h12,14,17H,6-10H2,1-5H3. The summed E-state index contributed by atoms with van der Waals surface area (Å²) in [4.78, 5) is 0. The van der Waals surface area contributed by atoms with Gasteiger partial charge in [-0.2, -0.15) is 5.10 Å². The largest absolute Gasteiger partial charge is 0.377 e. The zero-order valence-corrected chi connectivity index (χ0v) is 14.1. The third-order valence-electron chi connectivity index (χ3n) is 3.71. The van der Waals surface area contributed by atoms with E-state index < -0.39 is 0 Å². The van der Waals surface area contributed by atoms with Gasteiger partial charge in [-0.1, -0.05) is 25.4 Å². The number of hydrogen-bond acceptors (Lipinski definition) is 3. The van der Waals surface area contributed by atoms with E-state index in [0.29, 0.717) is 0 Å². The fourth-order valence-electron chi connectivity index (χ4n) is 2.57. The summed E-state index contributed by atoms with van der Waals surface area (Å²) in [5.41, 5.74) is 2.10. The highest BCUT2D eigenvalue weighted by Gasteiger charge is 2.23. The minimum Gasteiger partial charge on any atom is -0.377 e. The van der Waals surface area contributed by atoms with Gasteiger partial charge in [0.15, 0.2) is 0 Å². The molecule has 1 heterocycles. The number of aromatic nitrogens is 2. The molecule has 5 heteroatoms. The Bertz CT molecular complexity index is 406. The summed E-state index contributed by atoms with van der Waals surface area (Å²) in [6.07, 6.45) is 2.89. The monoisotopic (exact) mass is 301 g/mol. The van der Waals surface area contributed by atoms with Gasteiger partial charge in [0.25, 0.3) is 0 Å². The van der Waals surface area contributed by atoms with Crippen LogP contribution in [0, 0.1) is 0 Å². The summed E-state index contributed by atoms with van der Waals surface area (Å²) < 4.78 is 7.85. The van der Waals surface area contributed by atoms with Crippen molar-refractivity contribution < 1.29 is 4.74 Å². The smallest absolute Gasteiger partial charge is 0.0850 e. The Morgan fingerprint density at radius 1 is 1.30 bits per heavy atom. The SMILES string of the molecule is CCOC(CC)C(Cc1c(Cl)c(CC)nn1CC)NC. The molecule has 2 unspecified atom stereocenters. The number of halogens is 1. The van der Waals surface area contributed by atoms with Crippen molar-refractivity contribution in [3.05, 3.63) is 16.4 Å². The summed E-state index contributed by atoms with van der Waals surface area (Å²) in [5.74, 6) is 0. The number of likely N-dealkylation sites (N-methyl/N-ethyl adjacent to an activating group) is 1. The Balaban J connectivity index is 2.96. The van der Waals surface area contributed by atoms with Gasteiger partial charge in [0.2, 0.25) is 0 Å². The lowest BCUT2D eigenvalue weighted by Gasteiger charge is -2.26. The van der Waals surface area contributed by atoms with Gasteiger partial charge in [-0.15, -0.1) is 0 Å². The summed E-state index contributed by atoms with van der Waals surface area (Å²) in [5, 5.41) is 8.77. The van der Waals surface area contributed by atoms with Crippen molar-refractivity contribution in [3.8, 4) is 0 Å². The first-order valence-electron chi connectivity index (χ1n) is 7.65. The molecule has 0 radical (unpaired) electrons. The highest BCUT2D eigenvalue weighted by atomic mass is 35.5. The number of nitrogens with zero attached hydrogens (tertiary/aromatic N) is 2. The minimum absolute atomic E-state index is 0.200. The third kappa shape index (κ3) is 3.96. The zero-order chi connectivity index (χ0) is 15.1. The summed E-state index contributed by atoms with van der Waals surface area (Å²) >= 11 is 6.48. The fraction of sp³-hybridized carbons (Fsp3) is 0.800. The van der Waals surface area contributed by atoms with Gasteiger partial charge >= 0.3 is 0 Å². The second kappa shape index (κ2) is 8.65. The average Bonchev–Trinajstić information content (AvgIpc) is 2.78. The van der Waals surface area contributed by atoms with E-state index in [-0.39, 0.29) is 12.1 Å². The maximum atomic E-state index is 6.48. The number of ether oxygens (including phenoxy) is 1. The average molecular weight is 302 g/mol. The zero-order valence-electron chi connectivity index (χ0n) is 13.4. The predicted molar refractivity (Wildman–Crippen MR) is 84.5 cm³/mol. The molecule has 0 saturated carbocycles. The van der Waals surface area contributed by atoms with E-state index in [9.17, 15) is 0 Å². The van der Waals surface area contributed by atoms with E-state index in [1.807, 2.05) is 18.7 Å². The van der Waals surface area contributed by atoms with Gasteiger partial charge in [-0.3, -0.25) is 4.68 Å². The molecule has 2 atom stereocenters. The van der Waals surface area contributed by atoms with E-state index >= 15 is 0 Å². The molecule has 1 rings (SSSR count). The van der Waals surface area contributed by atoms with Crippen LogP contribution in [0.1, 0.15) is 45.5 Å². The van der Waals surface area contributed by atoms with Crippen LogP contribution >= 0.6 is 11.6 Å². The molecule has 0 saturated heterocycles. The van der Waals surface area contributed by atoms with Gasteiger partial charge in [0, 0.05) is 25.6 Å². The number of aryl methyl sites for hydroxylation is 2. The Morgan fingerprint density at radius 2 is 2.00 bits per heavy atom. The molecule has 4 nitrogen and oxygen atoms in total. The van der Waals surface area contributed by atoms with Crippen LogP contribution < -0.4 is 5.32 Å². The first kappa shape index (κ1) is 17.5. The molecule has 0 aromatic carbocycles. The normalized spacial score (nSPS) is 14.5. The molecule has 1 aromatic rings. The maximum Gasteiger partial charge on any atom is 0.0850 e. The van der Waals surface area contributed by atoms with Gasteiger partial charge in [-0.25, -0.2) is 0 Å². The molecule has 0 aliphatic heterocycles. The molecule has 1 N–H and O–H groups in total. The van der Waals surface area contributed by atoms with Crippen LogP contribution in [0.5, 0.6) is 0 Å². The molecule has 20 heavy (non-hydrogen) atoms. The van der Waals surface area contributed by atoms with Crippen LogP contribution in [0.25, 0.3) is 0 Å². The van der Waals surface area contributed by atoms with E-state index in [4.69, 9.17) is 16.3 Å². The molecule has 0 spiro atoms. The molecule has 0 fully saturated rings. The Kier molecular flexibility index (Phi) is 7.56. The lowest BCUT2D eigenvalue weighted by atomic mass is 10.0. The first-order valence-corrected chi connectivity index (χ1v) is 8.03. The van der Waals surface area contributed by atoms with Crippen LogP contribution in [0.3, 0.4) is 0 Å². The van der Waals surface area contributed by atoms with E-state index in [1.165, 1.54) is 0 Å². The summed E-state index contributed by atoms with van der Waals surface area (Å²) in [6.45, 7) is 9.95. The Morgan fingerprint density at radius 3 is 2.45 bits per heavy atom. The molecule has 1 aromatic heterocycles. The third-order valence-corrected chi connectivity index (χ3v) is 4.15. The Hall–Kier alpha value is -0.580. The second-order valence-corrected chi connectivity index (χ2v) is 5.26. The first-order chi connectivity index (χ1) is 9.62. The van der Waals surface area contributed by atoms with Crippen molar-refractivity contribution in [2.75, 3.05) is 13.7 Å². The molecular weight excluding hydrogens is 274 g/mol. The maximum absolute atomic E-state index is 6.48. The van der Waals surface area contributed by atoms with Crippen LogP contribution in [0.4, 0.5) is 0 Å². The van der Waals surface area contributed by atoms with E-state index in [1.54, 1.807) is 0 Å². The molecule has 116 valence electrons. The van der Waals surface area contributed by atoms with Crippen molar-refractivity contribution in [3.63, 3.8) is 0 Å². The van der Waals surface area contributed by atoms with Gasteiger partial charge in [0.1, 0.15) is 0 Å². The van der Waals surface area contributed by atoms with Gasteiger partial charge in [-0.05, 0) is 33.7 Å². The van der Waals surface area contributed by atoms with E-state index in [2.05, 4.69) is 31.2 Å². The molecule has 0 aliphatic rings. The van der Waals surface area contributed by atoms with Gasteiger partial charge in [0.05, 0.1) is 22.5 Å². The number of nitrogens with one attached hydrogen (secondary N) is 1. The molecule has 0 bridgehead atoms. The van der Waals surface area contributed by atoms with Crippen LogP contribution in [-0.2, 0) is 24.1 Å². The lowest BCUT2D eigenvalue weighted by Crippen LogP contribution is -2.41. The highest BCUT2D eigenvalue weighted by Crippen LogP contribution is 2.24. The fourth-order valence-corrected chi connectivity index (χ4v) is 2.92. The van der Waals surface area contributed by atoms with Gasteiger partial charge < -0.3 is 10.1 Å². The molecule has 0 amide bonds.